The zero-order chi connectivity index (χ0) is 22.6. The first kappa shape index (κ1) is 23.0. The van der Waals surface area contributed by atoms with E-state index >= 15 is 0 Å². The molecule has 0 radical (unpaired) electrons. The molecule has 31 heavy (non-hydrogen) atoms. The van der Waals surface area contributed by atoms with Crippen molar-refractivity contribution in [1.82, 2.24) is 9.97 Å². The Hall–Kier alpha value is -2.63. The number of aliphatic hydroxyl groups excluding tert-OH is 1. The molecule has 12 heteroatoms. The number of anilines is 1. The molecule has 1 heterocycles. The van der Waals surface area contributed by atoms with E-state index in [1.54, 1.807) is 24.3 Å². The fraction of sp³-hybridized carbons (Fsp3) is 0.158. The molecule has 1 aromatic heterocycles. The third kappa shape index (κ3) is 5.35. The Balaban J connectivity index is 1.82. The number of methoxy groups -OCH3 is 1. The van der Waals surface area contributed by atoms with Gasteiger partial charge in [0.25, 0.3) is 15.9 Å². The van der Waals surface area contributed by atoms with Gasteiger partial charge in [0.05, 0.1) is 36.0 Å². The number of halogens is 2. The molecule has 1 atom stereocenters. The zero-order valence-corrected chi connectivity index (χ0v) is 18.4. The molecular weight excluding hydrogens is 467 g/mol. The van der Waals surface area contributed by atoms with E-state index in [0.717, 1.165) is 5.56 Å². The van der Waals surface area contributed by atoms with E-state index in [1.807, 2.05) is 0 Å². The highest BCUT2D eigenvalue weighted by Gasteiger charge is 2.23. The molecular formula is C19H18Cl2N4O5S. The third-order valence-electron chi connectivity index (χ3n) is 4.08. The van der Waals surface area contributed by atoms with Gasteiger partial charge in [-0.15, -0.1) is 0 Å². The van der Waals surface area contributed by atoms with Crippen molar-refractivity contribution in [2.45, 2.75) is 10.9 Å². The Morgan fingerprint density at radius 3 is 2.55 bits per heavy atom. The van der Waals surface area contributed by atoms with Gasteiger partial charge in [0.15, 0.2) is 0 Å². The summed E-state index contributed by atoms with van der Waals surface area (Å²) < 4.78 is 38.4. The number of sulfonamides is 1. The minimum Gasteiger partial charge on any atom is -0.478 e. The zero-order valence-electron chi connectivity index (χ0n) is 16.1. The van der Waals surface area contributed by atoms with Gasteiger partial charge in [-0.25, -0.2) is 13.4 Å². The van der Waals surface area contributed by atoms with E-state index in [0.29, 0.717) is 5.75 Å². The second-order valence-electron chi connectivity index (χ2n) is 6.18. The first-order valence-electron chi connectivity index (χ1n) is 8.77. The fourth-order valence-electron chi connectivity index (χ4n) is 2.50. The van der Waals surface area contributed by atoms with Crippen LogP contribution in [0.3, 0.4) is 0 Å². The SMILES string of the molecule is COc1nc(Oc2ccc([C@@H](N)CO)cc2)cnc1NS(=O)(=O)c1cccc(Cl)c1Cl. The van der Waals surface area contributed by atoms with Crippen LogP contribution in [0.2, 0.25) is 10.0 Å². The molecule has 2 aromatic carbocycles. The summed E-state index contributed by atoms with van der Waals surface area (Å²) in [6.07, 6.45) is 1.23. The van der Waals surface area contributed by atoms with E-state index in [9.17, 15) is 8.42 Å². The van der Waals surface area contributed by atoms with Crippen molar-refractivity contribution >= 4 is 39.0 Å². The summed E-state index contributed by atoms with van der Waals surface area (Å²) in [7, 11) is -2.80. The van der Waals surface area contributed by atoms with Crippen molar-refractivity contribution in [1.29, 1.82) is 0 Å². The van der Waals surface area contributed by atoms with Crippen LogP contribution in [0.25, 0.3) is 0 Å². The molecule has 0 aliphatic rings. The van der Waals surface area contributed by atoms with Crippen LogP contribution in [0.5, 0.6) is 17.5 Å². The lowest BCUT2D eigenvalue weighted by molar-refractivity contribution is 0.268. The Kier molecular flexibility index (Phi) is 7.19. The van der Waals surface area contributed by atoms with Gasteiger partial charge in [0.2, 0.25) is 11.7 Å². The second-order valence-corrected chi connectivity index (χ2v) is 8.62. The van der Waals surface area contributed by atoms with Gasteiger partial charge < -0.3 is 20.3 Å². The van der Waals surface area contributed by atoms with E-state index in [4.69, 9.17) is 43.5 Å². The monoisotopic (exact) mass is 484 g/mol. The summed E-state index contributed by atoms with van der Waals surface area (Å²) in [6.45, 7) is -0.180. The van der Waals surface area contributed by atoms with E-state index < -0.39 is 16.1 Å². The number of hydrogen-bond donors (Lipinski definition) is 3. The van der Waals surface area contributed by atoms with Crippen molar-refractivity contribution in [2.24, 2.45) is 5.73 Å². The summed E-state index contributed by atoms with van der Waals surface area (Å²) in [5, 5.41) is 9.08. The Labute approximate surface area is 188 Å². The predicted molar refractivity (Wildman–Crippen MR) is 116 cm³/mol. The van der Waals surface area contributed by atoms with E-state index in [1.165, 1.54) is 31.5 Å². The lowest BCUT2D eigenvalue weighted by atomic mass is 10.1. The molecule has 4 N–H and O–H groups in total. The average molecular weight is 485 g/mol. The van der Waals surface area contributed by atoms with Gasteiger partial charge in [0.1, 0.15) is 10.6 Å². The number of aromatic nitrogens is 2. The highest BCUT2D eigenvalue weighted by molar-refractivity contribution is 7.92. The lowest BCUT2D eigenvalue weighted by Gasteiger charge is -2.13. The van der Waals surface area contributed by atoms with Crippen molar-refractivity contribution in [3.63, 3.8) is 0 Å². The molecule has 164 valence electrons. The minimum absolute atomic E-state index is 0.0693. The van der Waals surface area contributed by atoms with E-state index in [2.05, 4.69) is 14.7 Å². The van der Waals surface area contributed by atoms with Crippen LogP contribution < -0.4 is 19.9 Å². The van der Waals surface area contributed by atoms with Gasteiger partial charge in [-0.3, -0.25) is 4.72 Å². The van der Waals surface area contributed by atoms with Crippen LogP contribution in [0.15, 0.2) is 53.6 Å². The topological polar surface area (TPSA) is 137 Å². The first-order chi connectivity index (χ1) is 14.7. The summed E-state index contributed by atoms with van der Waals surface area (Å²) in [6, 6.07) is 10.5. The largest absolute Gasteiger partial charge is 0.478 e. The molecule has 3 aromatic rings. The van der Waals surface area contributed by atoms with Gasteiger partial charge in [0, 0.05) is 0 Å². The van der Waals surface area contributed by atoms with Gasteiger partial charge in [-0.2, -0.15) is 4.98 Å². The van der Waals surface area contributed by atoms with Crippen molar-refractivity contribution in [3.8, 4) is 17.5 Å². The molecule has 0 spiro atoms. The molecule has 0 aliphatic heterocycles. The maximum Gasteiger partial charge on any atom is 0.264 e. The maximum absolute atomic E-state index is 12.7. The highest BCUT2D eigenvalue weighted by Crippen LogP contribution is 2.32. The average Bonchev–Trinajstić information content (AvgIpc) is 2.76. The Morgan fingerprint density at radius 2 is 1.90 bits per heavy atom. The third-order valence-corrected chi connectivity index (χ3v) is 6.39. The Morgan fingerprint density at radius 1 is 1.19 bits per heavy atom. The molecule has 0 amide bonds. The molecule has 0 unspecified atom stereocenters. The quantitative estimate of drug-likeness (QED) is 0.442. The summed E-state index contributed by atoms with van der Waals surface area (Å²) >= 11 is 11.9. The molecule has 9 nitrogen and oxygen atoms in total. The predicted octanol–water partition coefficient (Wildman–Crippen LogP) is 3.38. The fourth-order valence-corrected chi connectivity index (χ4v) is 4.27. The van der Waals surface area contributed by atoms with Crippen LogP contribution in [0, 0.1) is 0 Å². The summed E-state index contributed by atoms with van der Waals surface area (Å²) in [4.78, 5) is 7.94. The molecule has 0 saturated carbocycles. The number of nitrogens with two attached hydrogens (primary N) is 1. The molecule has 3 rings (SSSR count). The highest BCUT2D eigenvalue weighted by atomic mass is 35.5. The number of rotatable bonds is 8. The summed E-state index contributed by atoms with van der Waals surface area (Å²) in [5.74, 6) is 0.234. The Bertz CT molecular complexity index is 1180. The van der Waals surface area contributed by atoms with Crippen LogP contribution in [0.4, 0.5) is 5.82 Å². The lowest BCUT2D eigenvalue weighted by Crippen LogP contribution is -2.16. The smallest absolute Gasteiger partial charge is 0.264 e. The van der Waals surface area contributed by atoms with Gasteiger partial charge in [-0.05, 0) is 29.8 Å². The number of nitrogens with one attached hydrogen (secondary N) is 1. The van der Waals surface area contributed by atoms with Crippen molar-refractivity contribution < 1.29 is 23.0 Å². The van der Waals surface area contributed by atoms with Crippen LogP contribution in [-0.2, 0) is 10.0 Å². The minimum atomic E-state index is -4.11. The number of ether oxygens (including phenoxy) is 2. The van der Waals surface area contributed by atoms with Crippen molar-refractivity contribution in [2.75, 3.05) is 18.4 Å². The number of benzene rings is 2. The van der Waals surface area contributed by atoms with Gasteiger partial charge >= 0.3 is 0 Å². The van der Waals surface area contributed by atoms with Crippen molar-refractivity contribution in [3.05, 3.63) is 64.3 Å². The van der Waals surface area contributed by atoms with Gasteiger partial charge in [-0.1, -0.05) is 41.4 Å². The normalized spacial score (nSPS) is 12.3. The molecule has 0 saturated heterocycles. The number of hydrogen-bond acceptors (Lipinski definition) is 8. The molecule has 0 fully saturated rings. The van der Waals surface area contributed by atoms with Crippen LogP contribution in [-0.4, -0.2) is 37.2 Å². The second kappa shape index (κ2) is 9.67. The molecule has 0 bridgehead atoms. The molecule has 0 aliphatic carbocycles. The number of nitrogens with zero attached hydrogens (tertiary/aromatic N) is 2. The van der Waals surface area contributed by atoms with Crippen LogP contribution in [0.1, 0.15) is 11.6 Å². The standard InChI is InChI=1S/C19H18Cl2N4O5S/c1-29-19-18(25-31(27,28)15-4-2-3-13(20)17(15)21)23-9-16(24-19)30-12-7-5-11(6-8-12)14(22)10-26/h2-9,14,26H,10,22H2,1H3,(H,23,25)/t14-/m0/s1. The first-order valence-corrected chi connectivity index (χ1v) is 11.0. The summed E-state index contributed by atoms with van der Waals surface area (Å²) in [5.41, 5.74) is 6.50. The maximum atomic E-state index is 12.7. The van der Waals surface area contributed by atoms with E-state index in [-0.39, 0.29) is 39.1 Å². The number of aliphatic hydroxyl groups is 1. The van der Waals surface area contributed by atoms with Crippen LogP contribution >= 0.6 is 23.2 Å².